The van der Waals surface area contributed by atoms with Crippen LogP contribution in [0, 0.1) is 13.8 Å². The number of carbonyl (C=O) groups is 1. The number of carbonyl (C=O) groups excluding carboxylic acids is 1. The summed E-state index contributed by atoms with van der Waals surface area (Å²) < 4.78 is 26.1. The minimum Gasteiger partial charge on any atom is -0.347 e. The smallest absolute Gasteiger partial charge is 0.244 e. The van der Waals surface area contributed by atoms with Crippen LogP contribution in [-0.2, 0) is 14.8 Å². The van der Waals surface area contributed by atoms with E-state index in [1.165, 1.54) is 4.31 Å². The average molecular weight is 389 g/mol. The third kappa shape index (κ3) is 5.10. The summed E-state index contributed by atoms with van der Waals surface area (Å²) in [7, 11) is -3.63. The molecule has 6 heteroatoms. The Bertz CT molecular complexity index is 895. The van der Waals surface area contributed by atoms with E-state index in [1.54, 1.807) is 19.1 Å². The summed E-state index contributed by atoms with van der Waals surface area (Å²) in [6, 6.07) is 14.1. The van der Waals surface area contributed by atoms with Gasteiger partial charge in [0, 0.05) is 0 Å². The van der Waals surface area contributed by atoms with Gasteiger partial charge in [-0.15, -0.1) is 0 Å². The highest BCUT2D eigenvalue weighted by molar-refractivity contribution is 7.92. The first-order valence-corrected chi connectivity index (χ1v) is 10.9. The van der Waals surface area contributed by atoms with Gasteiger partial charge in [-0.25, -0.2) is 8.42 Å². The van der Waals surface area contributed by atoms with E-state index in [0.29, 0.717) is 12.1 Å². The lowest BCUT2D eigenvalue weighted by molar-refractivity contribution is -0.122. The maximum Gasteiger partial charge on any atom is 0.244 e. The molecule has 0 saturated carbocycles. The Morgan fingerprint density at radius 2 is 1.70 bits per heavy atom. The van der Waals surface area contributed by atoms with Gasteiger partial charge in [0.15, 0.2) is 0 Å². The Morgan fingerprint density at radius 1 is 1.07 bits per heavy atom. The SMILES string of the molecule is CC[C@@H](NC(=O)[C@@H](C)N(c1ccc(C)c(C)c1)S(C)(=O)=O)c1ccccc1. The Morgan fingerprint density at radius 3 is 2.22 bits per heavy atom. The predicted molar refractivity (Wildman–Crippen MR) is 110 cm³/mol. The Kier molecular flexibility index (Phi) is 6.65. The Labute approximate surface area is 162 Å². The lowest BCUT2D eigenvalue weighted by atomic mass is 10.0. The van der Waals surface area contributed by atoms with Gasteiger partial charge >= 0.3 is 0 Å². The molecule has 146 valence electrons. The van der Waals surface area contributed by atoms with Gasteiger partial charge in [0.25, 0.3) is 0 Å². The van der Waals surface area contributed by atoms with Gasteiger partial charge in [-0.2, -0.15) is 0 Å². The van der Waals surface area contributed by atoms with Crippen molar-refractivity contribution in [3.05, 3.63) is 65.2 Å². The van der Waals surface area contributed by atoms with E-state index in [9.17, 15) is 13.2 Å². The lowest BCUT2D eigenvalue weighted by Gasteiger charge is -2.30. The molecular weight excluding hydrogens is 360 g/mol. The van der Waals surface area contributed by atoms with E-state index in [0.717, 1.165) is 22.9 Å². The van der Waals surface area contributed by atoms with Crippen LogP contribution in [0.25, 0.3) is 0 Å². The molecule has 0 fully saturated rings. The van der Waals surface area contributed by atoms with Gasteiger partial charge in [-0.3, -0.25) is 9.10 Å². The van der Waals surface area contributed by atoms with Crippen molar-refractivity contribution in [1.29, 1.82) is 0 Å². The first-order valence-electron chi connectivity index (χ1n) is 9.07. The molecule has 1 amide bonds. The Balaban J connectivity index is 2.30. The number of benzene rings is 2. The number of aryl methyl sites for hydroxylation is 2. The molecule has 0 aliphatic carbocycles. The molecule has 0 unspecified atom stereocenters. The van der Waals surface area contributed by atoms with Crippen molar-refractivity contribution in [1.82, 2.24) is 5.32 Å². The fraction of sp³-hybridized carbons (Fsp3) is 0.381. The minimum absolute atomic E-state index is 0.165. The summed E-state index contributed by atoms with van der Waals surface area (Å²) in [5.74, 6) is -0.325. The van der Waals surface area contributed by atoms with Gasteiger partial charge < -0.3 is 5.32 Å². The molecular formula is C21H28N2O3S. The van der Waals surface area contributed by atoms with E-state index in [-0.39, 0.29) is 11.9 Å². The second-order valence-electron chi connectivity index (χ2n) is 6.88. The van der Waals surface area contributed by atoms with Crippen LogP contribution in [0.15, 0.2) is 48.5 Å². The van der Waals surface area contributed by atoms with Crippen LogP contribution in [0.1, 0.15) is 43.0 Å². The van der Waals surface area contributed by atoms with Crippen LogP contribution in [0.5, 0.6) is 0 Å². The quantitative estimate of drug-likeness (QED) is 0.786. The molecule has 0 heterocycles. The monoisotopic (exact) mass is 388 g/mol. The van der Waals surface area contributed by atoms with Crippen molar-refractivity contribution >= 4 is 21.6 Å². The van der Waals surface area contributed by atoms with Crippen LogP contribution in [-0.4, -0.2) is 26.6 Å². The van der Waals surface area contributed by atoms with Crippen LogP contribution in [0.3, 0.4) is 0 Å². The van der Waals surface area contributed by atoms with Crippen LogP contribution < -0.4 is 9.62 Å². The molecule has 27 heavy (non-hydrogen) atoms. The van der Waals surface area contributed by atoms with Crippen molar-refractivity contribution in [3.8, 4) is 0 Å². The van der Waals surface area contributed by atoms with Gasteiger partial charge in [0.05, 0.1) is 18.0 Å². The van der Waals surface area contributed by atoms with Gasteiger partial charge in [0.2, 0.25) is 15.9 Å². The molecule has 0 aliphatic rings. The standard InChI is InChI=1S/C21H28N2O3S/c1-6-20(18-10-8-7-9-11-18)22-21(24)17(4)23(27(5,25)26)19-13-12-15(2)16(3)14-19/h7-14,17,20H,6H2,1-5H3,(H,22,24)/t17-,20-/m1/s1. The highest BCUT2D eigenvalue weighted by Gasteiger charge is 2.30. The number of hydrogen-bond acceptors (Lipinski definition) is 3. The summed E-state index contributed by atoms with van der Waals surface area (Å²) in [6.07, 6.45) is 1.84. The molecule has 2 atom stereocenters. The summed E-state index contributed by atoms with van der Waals surface area (Å²) in [5.41, 5.74) is 3.54. The molecule has 2 aromatic carbocycles. The number of nitrogens with zero attached hydrogens (tertiary/aromatic N) is 1. The average Bonchev–Trinajstić information content (AvgIpc) is 2.62. The zero-order valence-corrected chi connectivity index (χ0v) is 17.4. The fourth-order valence-corrected chi connectivity index (χ4v) is 4.24. The van der Waals surface area contributed by atoms with Crippen LogP contribution >= 0.6 is 0 Å². The first kappa shape index (κ1) is 21.0. The topological polar surface area (TPSA) is 66.5 Å². The van der Waals surface area contributed by atoms with Crippen LogP contribution in [0.2, 0.25) is 0 Å². The van der Waals surface area contributed by atoms with E-state index < -0.39 is 16.1 Å². The highest BCUT2D eigenvalue weighted by atomic mass is 32.2. The molecule has 0 radical (unpaired) electrons. The van der Waals surface area contributed by atoms with Gasteiger partial charge in [-0.1, -0.05) is 43.3 Å². The van der Waals surface area contributed by atoms with Gasteiger partial charge in [0.1, 0.15) is 6.04 Å². The van der Waals surface area contributed by atoms with E-state index in [1.807, 2.05) is 57.2 Å². The van der Waals surface area contributed by atoms with Gasteiger partial charge in [-0.05, 0) is 56.0 Å². The second-order valence-corrected chi connectivity index (χ2v) is 8.74. The second kappa shape index (κ2) is 8.57. The van der Waals surface area contributed by atoms with E-state index in [2.05, 4.69) is 5.32 Å². The largest absolute Gasteiger partial charge is 0.347 e. The molecule has 0 aromatic heterocycles. The number of amides is 1. The van der Waals surface area contributed by atoms with E-state index in [4.69, 9.17) is 0 Å². The maximum atomic E-state index is 12.9. The third-order valence-electron chi connectivity index (χ3n) is 4.76. The normalized spacial score (nSPS) is 13.7. The number of sulfonamides is 1. The molecule has 1 N–H and O–H groups in total. The lowest BCUT2D eigenvalue weighted by Crippen LogP contribution is -2.48. The predicted octanol–water partition coefficient (Wildman–Crippen LogP) is 3.73. The number of nitrogens with one attached hydrogen (secondary N) is 1. The van der Waals surface area contributed by atoms with Crippen molar-refractivity contribution in [2.24, 2.45) is 0 Å². The zero-order chi connectivity index (χ0) is 20.2. The third-order valence-corrected chi connectivity index (χ3v) is 6.00. The van der Waals surface area contributed by atoms with Crippen molar-refractivity contribution in [3.63, 3.8) is 0 Å². The summed E-state index contributed by atoms with van der Waals surface area (Å²) >= 11 is 0. The molecule has 5 nitrogen and oxygen atoms in total. The van der Waals surface area contributed by atoms with E-state index >= 15 is 0 Å². The molecule has 0 aliphatic heterocycles. The number of hydrogen-bond donors (Lipinski definition) is 1. The highest BCUT2D eigenvalue weighted by Crippen LogP contribution is 2.24. The van der Waals surface area contributed by atoms with Crippen molar-refractivity contribution < 1.29 is 13.2 Å². The molecule has 0 bridgehead atoms. The molecule has 0 saturated heterocycles. The summed E-state index contributed by atoms with van der Waals surface area (Å²) in [5, 5.41) is 2.99. The first-order chi connectivity index (χ1) is 12.6. The molecule has 2 rings (SSSR count). The maximum absolute atomic E-state index is 12.9. The van der Waals surface area contributed by atoms with Crippen LogP contribution in [0.4, 0.5) is 5.69 Å². The van der Waals surface area contributed by atoms with Crippen molar-refractivity contribution in [2.45, 2.75) is 46.2 Å². The molecule has 0 spiro atoms. The van der Waals surface area contributed by atoms with Crippen molar-refractivity contribution in [2.75, 3.05) is 10.6 Å². The summed E-state index contributed by atoms with van der Waals surface area (Å²) in [6.45, 7) is 7.49. The zero-order valence-electron chi connectivity index (χ0n) is 16.6. The summed E-state index contributed by atoms with van der Waals surface area (Å²) in [4.78, 5) is 12.9. The number of rotatable bonds is 7. The fourth-order valence-electron chi connectivity index (χ4n) is 3.07. The number of anilines is 1. The molecule has 2 aromatic rings. The Hall–Kier alpha value is -2.34. The minimum atomic E-state index is -3.63.